The normalized spacial score (nSPS) is 10.4. The molecule has 1 aromatic heterocycles. The molecule has 6 heteroatoms. The number of halogens is 3. The molecule has 0 radical (unpaired) electrons. The molecule has 2 N–H and O–H groups in total. The van der Waals surface area contributed by atoms with E-state index in [9.17, 15) is 14.0 Å². The number of rotatable bonds is 2. The van der Waals surface area contributed by atoms with Gasteiger partial charge >= 0.3 is 0 Å². The van der Waals surface area contributed by atoms with E-state index in [2.05, 4.69) is 20.9 Å². The van der Waals surface area contributed by atoms with Gasteiger partial charge in [-0.25, -0.2) is 13.8 Å². The summed E-state index contributed by atoms with van der Waals surface area (Å²) in [5.41, 5.74) is 7.66. The fourth-order valence-electron chi connectivity index (χ4n) is 2.38. The van der Waals surface area contributed by atoms with Crippen LogP contribution in [-0.4, -0.2) is 4.98 Å². The topological polar surface area (TPSA) is 62.7 Å². The number of anilines is 1. The maximum Gasteiger partial charge on any atom is 0.142 e. The van der Waals surface area contributed by atoms with Gasteiger partial charge in [0.1, 0.15) is 29.1 Å². The summed E-state index contributed by atoms with van der Waals surface area (Å²) < 4.78 is 27.8. The highest BCUT2D eigenvalue weighted by atomic mass is 79.9. The Kier molecular flexibility index (Phi) is 4.28. The highest BCUT2D eigenvalue weighted by molar-refractivity contribution is 9.10. The molecule has 0 spiro atoms. The number of pyridine rings is 1. The third-order valence-electron chi connectivity index (χ3n) is 3.54. The van der Waals surface area contributed by atoms with Gasteiger partial charge < -0.3 is 5.73 Å². The molecule has 0 unspecified atom stereocenters. The summed E-state index contributed by atoms with van der Waals surface area (Å²) in [6.45, 7) is 0. The molecule has 0 fully saturated rings. The van der Waals surface area contributed by atoms with Gasteiger partial charge in [0.25, 0.3) is 0 Å². The number of hydrogen-bond donors (Lipinski definition) is 1. The fourth-order valence-corrected chi connectivity index (χ4v) is 2.76. The molecule has 0 amide bonds. The Hall–Kier alpha value is -2.78. The van der Waals surface area contributed by atoms with Gasteiger partial charge in [0.15, 0.2) is 0 Å². The molecule has 1 heterocycles. The van der Waals surface area contributed by atoms with E-state index in [1.165, 1.54) is 24.3 Å². The molecule has 118 valence electrons. The number of nitriles is 1. The lowest BCUT2D eigenvalue weighted by molar-refractivity contribution is 0.621. The lowest BCUT2D eigenvalue weighted by Crippen LogP contribution is -2.00. The first kappa shape index (κ1) is 16.1. The average Bonchev–Trinajstić information content (AvgIpc) is 2.57. The summed E-state index contributed by atoms with van der Waals surface area (Å²) in [6, 6.07) is 14.1. The molecule has 24 heavy (non-hydrogen) atoms. The number of aromatic nitrogens is 1. The van der Waals surface area contributed by atoms with Gasteiger partial charge in [-0.15, -0.1) is 0 Å². The zero-order chi connectivity index (χ0) is 17.3. The molecule has 0 aliphatic carbocycles. The van der Waals surface area contributed by atoms with Crippen molar-refractivity contribution < 1.29 is 8.78 Å². The Balaban J connectivity index is 2.27. The summed E-state index contributed by atoms with van der Waals surface area (Å²) in [5.74, 6) is -0.873. The number of nitrogens with zero attached hydrogens (tertiary/aromatic N) is 2. The Labute approximate surface area is 145 Å². The van der Waals surface area contributed by atoms with Crippen molar-refractivity contribution in [2.24, 2.45) is 0 Å². The van der Waals surface area contributed by atoms with Crippen molar-refractivity contribution in [2.45, 2.75) is 0 Å². The number of benzene rings is 2. The number of hydrogen-bond acceptors (Lipinski definition) is 3. The Morgan fingerprint density at radius 1 is 1.00 bits per heavy atom. The lowest BCUT2D eigenvalue weighted by atomic mass is 9.98. The zero-order valence-electron chi connectivity index (χ0n) is 12.2. The summed E-state index contributed by atoms with van der Waals surface area (Å²) in [6.07, 6.45) is 0. The standard InChI is InChI=1S/C18H10BrF2N3/c19-14-7-10(5-6-16(14)21)12-8-17(24-18(23)13(12)9-22)11-3-1-2-4-15(11)20/h1-8H,(H2,23,24). The monoisotopic (exact) mass is 385 g/mol. The van der Waals surface area contributed by atoms with Crippen LogP contribution >= 0.6 is 15.9 Å². The smallest absolute Gasteiger partial charge is 0.142 e. The van der Waals surface area contributed by atoms with E-state index in [0.717, 1.165) is 0 Å². The van der Waals surface area contributed by atoms with Crippen LogP contribution in [0.1, 0.15) is 5.56 Å². The minimum atomic E-state index is -0.444. The van der Waals surface area contributed by atoms with Crippen molar-refractivity contribution in [3.8, 4) is 28.5 Å². The molecule has 3 aromatic rings. The Morgan fingerprint density at radius 2 is 1.75 bits per heavy atom. The van der Waals surface area contributed by atoms with Gasteiger partial charge in [-0.05, 0) is 51.8 Å². The second-order valence-electron chi connectivity index (χ2n) is 5.04. The molecule has 0 saturated heterocycles. The molecule has 2 aromatic carbocycles. The van der Waals surface area contributed by atoms with Crippen molar-refractivity contribution in [3.05, 3.63) is 70.2 Å². The van der Waals surface area contributed by atoms with E-state index in [4.69, 9.17) is 5.73 Å². The molecular weight excluding hydrogens is 376 g/mol. The fraction of sp³-hybridized carbons (Fsp3) is 0. The van der Waals surface area contributed by atoms with Crippen LogP contribution in [0.25, 0.3) is 22.4 Å². The molecule has 0 aliphatic heterocycles. The van der Waals surface area contributed by atoms with Crippen molar-refractivity contribution in [1.82, 2.24) is 4.98 Å². The van der Waals surface area contributed by atoms with Crippen LogP contribution in [0.3, 0.4) is 0 Å². The van der Waals surface area contributed by atoms with E-state index in [1.54, 1.807) is 24.3 Å². The van der Waals surface area contributed by atoms with Crippen LogP contribution in [0.15, 0.2) is 53.0 Å². The summed E-state index contributed by atoms with van der Waals surface area (Å²) in [5, 5.41) is 9.37. The van der Waals surface area contributed by atoms with Gasteiger partial charge in [0.05, 0.1) is 10.2 Å². The van der Waals surface area contributed by atoms with Crippen LogP contribution in [0.5, 0.6) is 0 Å². The van der Waals surface area contributed by atoms with Crippen molar-refractivity contribution in [1.29, 1.82) is 5.26 Å². The van der Waals surface area contributed by atoms with Gasteiger partial charge in [-0.2, -0.15) is 5.26 Å². The highest BCUT2D eigenvalue weighted by Crippen LogP contribution is 2.33. The third-order valence-corrected chi connectivity index (χ3v) is 4.15. The summed E-state index contributed by atoms with van der Waals surface area (Å²) in [7, 11) is 0. The minimum absolute atomic E-state index is 0.00583. The second kappa shape index (κ2) is 6.38. The van der Waals surface area contributed by atoms with E-state index in [0.29, 0.717) is 16.8 Å². The predicted molar refractivity (Wildman–Crippen MR) is 91.9 cm³/mol. The van der Waals surface area contributed by atoms with E-state index < -0.39 is 11.6 Å². The Bertz CT molecular complexity index is 980. The largest absolute Gasteiger partial charge is 0.383 e. The average molecular weight is 386 g/mol. The van der Waals surface area contributed by atoms with E-state index in [-0.39, 0.29) is 21.4 Å². The quantitative estimate of drug-likeness (QED) is 0.681. The first-order valence-corrected chi connectivity index (χ1v) is 7.71. The van der Waals surface area contributed by atoms with Crippen LogP contribution < -0.4 is 5.73 Å². The predicted octanol–water partition coefficient (Wildman–Crippen LogP) is 4.91. The molecule has 3 rings (SSSR count). The molecule has 0 atom stereocenters. The second-order valence-corrected chi connectivity index (χ2v) is 5.89. The van der Waals surface area contributed by atoms with Crippen LogP contribution in [0.4, 0.5) is 14.6 Å². The molecular formula is C18H10BrF2N3. The first-order chi connectivity index (χ1) is 11.5. The van der Waals surface area contributed by atoms with Crippen LogP contribution in [0.2, 0.25) is 0 Å². The highest BCUT2D eigenvalue weighted by Gasteiger charge is 2.16. The first-order valence-electron chi connectivity index (χ1n) is 6.92. The van der Waals surface area contributed by atoms with Gasteiger partial charge in [0.2, 0.25) is 0 Å². The molecule has 3 nitrogen and oxygen atoms in total. The maximum absolute atomic E-state index is 14.0. The van der Waals surface area contributed by atoms with Crippen molar-refractivity contribution in [3.63, 3.8) is 0 Å². The molecule has 0 aliphatic rings. The zero-order valence-corrected chi connectivity index (χ0v) is 13.8. The maximum atomic E-state index is 14.0. The Morgan fingerprint density at radius 3 is 2.42 bits per heavy atom. The van der Waals surface area contributed by atoms with Gasteiger partial charge in [-0.3, -0.25) is 0 Å². The molecule has 0 saturated carbocycles. The number of nitrogens with two attached hydrogens (primary N) is 1. The summed E-state index contributed by atoms with van der Waals surface area (Å²) in [4.78, 5) is 4.13. The number of nitrogen functional groups attached to an aromatic ring is 1. The van der Waals surface area contributed by atoms with Gasteiger partial charge in [0, 0.05) is 11.1 Å². The SMILES string of the molecule is N#Cc1c(-c2ccc(F)c(Br)c2)cc(-c2ccccc2F)nc1N. The third kappa shape index (κ3) is 2.86. The van der Waals surface area contributed by atoms with Crippen LogP contribution in [-0.2, 0) is 0 Å². The van der Waals surface area contributed by atoms with Crippen LogP contribution in [0, 0.1) is 23.0 Å². The molecule has 0 bridgehead atoms. The van der Waals surface area contributed by atoms with E-state index in [1.807, 2.05) is 6.07 Å². The van der Waals surface area contributed by atoms with Gasteiger partial charge in [-0.1, -0.05) is 18.2 Å². The minimum Gasteiger partial charge on any atom is -0.383 e. The van der Waals surface area contributed by atoms with Crippen molar-refractivity contribution >= 4 is 21.7 Å². The lowest BCUT2D eigenvalue weighted by Gasteiger charge is -2.11. The van der Waals surface area contributed by atoms with E-state index >= 15 is 0 Å². The summed E-state index contributed by atoms with van der Waals surface area (Å²) >= 11 is 3.12. The van der Waals surface area contributed by atoms with Crippen molar-refractivity contribution in [2.75, 3.05) is 5.73 Å².